The van der Waals surface area contributed by atoms with Crippen molar-refractivity contribution >= 4 is 5.91 Å². The average molecular weight is 325 g/mol. The number of halogens is 3. The summed E-state index contributed by atoms with van der Waals surface area (Å²) in [6.45, 7) is 0.0396. The number of hydrogen-bond acceptors (Lipinski definition) is 4. The van der Waals surface area contributed by atoms with Gasteiger partial charge in [-0.3, -0.25) is 4.79 Å². The maximum atomic E-state index is 12.9. The predicted molar refractivity (Wildman–Crippen MR) is 73.8 cm³/mol. The molecule has 0 unspecified atom stereocenters. The third-order valence-electron chi connectivity index (χ3n) is 3.88. The molecule has 3 rings (SSSR count). The van der Waals surface area contributed by atoms with Crippen LogP contribution in [0.15, 0.2) is 30.6 Å². The topological polar surface area (TPSA) is 63.9 Å². The minimum atomic E-state index is -4.27. The van der Waals surface area contributed by atoms with Crippen LogP contribution >= 0.6 is 0 Å². The summed E-state index contributed by atoms with van der Waals surface area (Å²) >= 11 is 0. The van der Waals surface area contributed by atoms with Gasteiger partial charge in [-0.15, -0.1) is 5.10 Å². The van der Waals surface area contributed by atoms with Crippen LogP contribution in [0.3, 0.4) is 0 Å². The van der Waals surface area contributed by atoms with E-state index in [0.29, 0.717) is 24.2 Å². The lowest BCUT2D eigenvalue weighted by atomic mass is 9.97. The fraction of sp³-hybridized carbons (Fsp3) is 0.429. The number of rotatable bonds is 2. The molecule has 0 radical (unpaired) electrons. The smallest absolute Gasteiger partial charge is 0.338 e. The highest BCUT2D eigenvalue weighted by atomic mass is 19.4. The normalized spacial score (nSPS) is 18.9. The molecule has 1 aromatic carbocycles. The molecule has 2 heterocycles. The van der Waals surface area contributed by atoms with E-state index in [9.17, 15) is 18.0 Å². The summed E-state index contributed by atoms with van der Waals surface area (Å²) in [5, 5.41) is 10.7. The summed E-state index contributed by atoms with van der Waals surface area (Å²) in [5.41, 5.74) is 0.894. The van der Waals surface area contributed by atoms with Crippen LogP contribution in [0, 0.1) is 5.92 Å². The summed E-state index contributed by atoms with van der Waals surface area (Å²) in [4.78, 5) is 13.8. The summed E-state index contributed by atoms with van der Waals surface area (Å²) in [5.74, 6) is -1.86. The molecule has 1 aliphatic rings. The van der Waals surface area contributed by atoms with E-state index in [4.69, 9.17) is 0 Å². The Labute approximate surface area is 129 Å². The Hall–Kier alpha value is -2.45. The zero-order valence-corrected chi connectivity index (χ0v) is 12.1. The minimum absolute atomic E-state index is 0.0674. The van der Waals surface area contributed by atoms with Gasteiger partial charge >= 0.3 is 6.18 Å². The zero-order valence-electron chi connectivity index (χ0n) is 12.1. The number of likely N-dealkylation sites (tertiary alicyclic amines) is 1. The fourth-order valence-corrected chi connectivity index (χ4v) is 2.67. The number of carbonyl (C=O) groups excluding carboxylic acids is 1. The van der Waals surface area contributed by atoms with Gasteiger partial charge in [-0.25, -0.2) is 4.68 Å². The number of tetrazole rings is 1. The van der Waals surface area contributed by atoms with Crippen molar-refractivity contribution in [2.24, 2.45) is 5.92 Å². The second-order valence-corrected chi connectivity index (χ2v) is 5.44. The first-order valence-corrected chi connectivity index (χ1v) is 7.14. The van der Waals surface area contributed by atoms with Crippen LogP contribution in [0.1, 0.15) is 23.2 Å². The lowest BCUT2D eigenvalue weighted by Gasteiger charge is -2.33. The van der Waals surface area contributed by atoms with Crippen LogP contribution in [0.5, 0.6) is 0 Å². The molecule has 9 heteroatoms. The standard InChI is InChI=1S/C14H14F3N5O/c15-14(16,17)11-4-2-6-21(8-11)13(23)10-3-1-5-12(7-10)22-9-18-19-20-22/h1,3,5,7,9,11H,2,4,6,8H2/t11-/m0/s1. The molecule has 0 bridgehead atoms. The highest BCUT2D eigenvalue weighted by molar-refractivity contribution is 5.94. The van der Waals surface area contributed by atoms with E-state index in [0.717, 1.165) is 0 Å². The summed E-state index contributed by atoms with van der Waals surface area (Å²) < 4.78 is 40.0. The van der Waals surface area contributed by atoms with Gasteiger partial charge in [0.15, 0.2) is 0 Å². The summed E-state index contributed by atoms with van der Waals surface area (Å²) in [6.07, 6.45) is -2.47. The van der Waals surface area contributed by atoms with Crippen molar-refractivity contribution in [3.63, 3.8) is 0 Å². The van der Waals surface area contributed by atoms with Gasteiger partial charge in [-0.05, 0) is 41.5 Å². The van der Waals surface area contributed by atoms with Crippen molar-refractivity contribution in [3.8, 4) is 5.69 Å². The highest BCUT2D eigenvalue weighted by Gasteiger charge is 2.42. The van der Waals surface area contributed by atoms with E-state index < -0.39 is 18.0 Å². The third-order valence-corrected chi connectivity index (χ3v) is 3.88. The molecule has 1 atom stereocenters. The van der Waals surface area contributed by atoms with Gasteiger partial charge in [0, 0.05) is 18.7 Å². The molecule has 0 saturated carbocycles. The molecule has 1 aromatic heterocycles. The van der Waals surface area contributed by atoms with Crippen LogP contribution in [0.25, 0.3) is 5.69 Å². The van der Waals surface area contributed by atoms with Gasteiger partial charge in [0.1, 0.15) is 6.33 Å². The Bertz CT molecular complexity index is 686. The van der Waals surface area contributed by atoms with Gasteiger partial charge in [0.2, 0.25) is 0 Å². The Morgan fingerprint density at radius 2 is 2.13 bits per heavy atom. The maximum Gasteiger partial charge on any atom is 0.393 e. The number of hydrogen-bond donors (Lipinski definition) is 0. The molecule has 0 N–H and O–H groups in total. The Morgan fingerprint density at radius 1 is 1.30 bits per heavy atom. The van der Waals surface area contributed by atoms with E-state index in [1.165, 1.54) is 15.9 Å². The van der Waals surface area contributed by atoms with Gasteiger partial charge in [0.05, 0.1) is 11.6 Å². The number of amides is 1. The first-order valence-electron chi connectivity index (χ1n) is 7.14. The highest BCUT2D eigenvalue weighted by Crippen LogP contribution is 2.33. The molecule has 1 saturated heterocycles. The lowest BCUT2D eigenvalue weighted by Crippen LogP contribution is -2.44. The lowest BCUT2D eigenvalue weighted by molar-refractivity contribution is -0.184. The maximum absolute atomic E-state index is 12.9. The van der Waals surface area contributed by atoms with Crippen molar-refractivity contribution in [1.29, 1.82) is 0 Å². The molecule has 0 aliphatic carbocycles. The van der Waals surface area contributed by atoms with Crippen LogP contribution < -0.4 is 0 Å². The predicted octanol–water partition coefficient (Wildman–Crippen LogP) is 2.08. The van der Waals surface area contributed by atoms with Crippen molar-refractivity contribution in [3.05, 3.63) is 36.2 Å². The van der Waals surface area contributed by atoms with Gasteiger partial charge in [-0.1, -0.05) is 6.07 Å². The van der Waals surface area contributed by atoms with Crippen LogP contribution in [-0.4, -0.2) is 50.3 Å². The average Bonchev–Trinajstić information content (AvgIpc) is 3.08. The number of aromatic nitrogens is 4. The molecule has 122 valence electrons. The number of benzene rings is 1. The minimum Gasteiger partial charge on any atom is -0.338 e. The SMILES string of the molecule is O=C(c1cccc(-n2cnnn2)c1)N1CCC[C@H](C(F)(F)F)C1. The van der Waals surface area contributed by atoms with Gasteiger partial charge in [0.25, 0.3) is 5.91 Å². The first kappa shape index (κ1) is 15.4. The summed E-state index contributed by atoms with van der Waals surface area (Å²) in [6, 6.07) is 6.50. The number of alkyl halides is 3. The summed E-state index contributed by atoms with van der Waals surface area (Å²) in [7, 11) is 0. The molecule has 6 nitrogen and oxygen atoms in total. The van der Waals surface area contributed by atoms with Crippen LogP contribution in [0.4, 0.5) is 13.2 Å². The largest absolute Gasteiger partial charge is 0.393 e. The number of carbonyl (C=O) groups is 1. The molecule has 23 heavy (non-hydrogen) atoms. The second-order valence-electron chi connectivity index (χ2n) is 5.44. The monoisotopic (exact) mass is 325 g/mol. The van der Waals surface area contributed by atoms with E-state index in [2.05, 4.69) is 15.5 Å². The molecule has 1 fully saturated rings. The van der Waals surface area contributed by atoms with Crippen LogP contribution in [0.2, 0.25) is 0 Å². The van der Waals surface area contributed by atoms with Gasteiger partial charge in [-0.2, -0.15) is 13.2 Å². The fourth-order valence-electron chi connectivity index (χ4n) is 2.67. The van der Waals surface area contributed by atoms with Crippen molar-refractivity contribution in [1.82, 2.24) is 25.1 Å². The van der Waals surface area contributed by atoms with Gasteiger partial charge < -0.3 is 4.90 Å². The molecule has 1 aliphatic heterocycles. The number of piperidine rings is 1. The van der Waals surface area contributed by atoms with E-state index in [-0.39, 0.29) is 13.0 Å². The molecular formula is C14H14F3N5O. The van der Waals surface area contributed by atoms with E-state index in [1.807, 2.05) is 0 Å². The van der Waals surface area contributed by atoms with Crippen molar-refractivity contribution in [2.45, 2.75) is 19.0 Å². The van der Waals surface area contributed by atoms with Crippen molar-refractivity contribution < 1.29 is 18.0 Å². The first-order chi connectivity index (χ1) is 10.9. The Balaban J connectivity index is 1.79. The van der Waals surface area contributed by atoms with Crippen molar-refractivity contribution in [2.75, 3.05) is 13.1 Å². The molecule has 1 amide bonds. The molecule has 2 aromatic rings. The Kier molecular flexibility index (Phi) is 4.01. The zero-order chi connectivity index (χ0) is 16.4. The Morgan fingerprint density at radius 3 is 2.83 bits per heavy atom. The molecule has 0 spiro atoms. The molecular weight excluding hydrogens is 311 g/mol. The van der Waals surface area contributed by atoms with E-state index >= 15 is 0 Å². The number of nitrogens with zero attached hydrogens (tertiary/aromatic N) is 5. The third kappa shape index (κ3) is 3.33. The second kappa shape index (κ2) is 5.98. The van der Waals surface area contributed by atoms with Crippen LogP contribution in [-0.2, 0) is 0 Å². The quantitative estimate of drug-likeness (QED) is 0.848. The van der Waals surface area contributed by atoms with E-state index in [1.54, 1.807) is 24.3 Å².